The molecule has 0 aliphatic rings. The number of benzene rings is 2. The van der Waals surface area contributed by atoms with Gasteiger partial charge in [0, 0.05) is 17.1 Å². The van der Waals surface area contributed by atoms with Gasteiger partial charge in [0.05, 0.1) is 0 Å². The molecule has 0 radical (unpaired) electrons. The number of tetrazole rings is 1. The summed E-state index contributed by atoms with van der Waals surface area (Å²) in [6, 6.07) is 13.7. The maximum Gasteiger partial charge on any atom is 0.263 e. The Hall–Kier alpha value is -2.60. The number of hydrogen-bond acceptors (Lipinski definition) is 5. The van der Waals surface area contributed by atoms with Crippen molar-refractivity contribution in [1.29, 1.82) is 0 Å². The largest absolute Gasteiger partial charge is 0.489 e. The SMILES string of the molecule is Cc1ccccc1COc1ccc(Cl)cc1CNc1nn[nH]n1. The van der Waals surface area contributed by atoms with Crippen molar-refractivity contribution in [2.24, 2.45) is 0 Å². The van der Waals surface area contributed by atoms with E-state index < -0.39 is 0 Å². The predicted molar refractivity (Wildman–Crippen MR) is 88.5 cm³/mol. The molecular formula is C16H16ClN5O. The summed E-state index contributed by atoms with van der Waals surface area (Å²) in [6.45, 7) is 3.06. The van der Waals surface area contributed by atoms with Crippen LogP contribution < -0.4 is 10.1 Å². The van der Waals surface area contributed by atoms with Gasteiger partial charge in [-0.1, -0.05) is 41.0 Å². The van der Waals surface area contributed by atoms with Gasteiger partial charge in [0.15, 0.2) is 0 Å². The van der Waals surface area contributed by atoms with Crippen LogP contribution in [0.4, 0.5) is 5.95 Å². The fourth-order valence-corrected chi connectivity index (χ4v) is 2.36. The zero-order valence-electron chi connectivity index (χ0n) is 12.6. The van der Waals surface area contributed by atoms with Crippen LogP contribution in [0.2, 0.25) is 5.02 Å². The van der Waals surface area contributed by atoms with E-state index in [0.29, 0.717) is 24.1 Å². The Kier molecular flexibility index (Phi) is 4.73. The minimum Gasteiger partial charge on any atom is -0.489 e. The fourth-order valence-electron chi connectivity index (χ4n) is 2.17. The summed E-state index contributed by atoms with van der Waals surface area (Å²) in [4.78, 5) is 0. The summed E-state index contributed by atoms with van der Waals surface area (Å²) in [7, 11) is 0. The molecule has 0 saturated carbocycles. The van der Waals surface area contributed by atoms with Crippen LogP contribution in [0, 0.1) is 6.92 Å². The lowest BCUT2D eigenvalue weighted by atomic mass is 10.1. The number of halogens is 1. The second kappa shape index (κ2) is 7.11. The summed E-state index contributed by atoms with van der Waals surface area (Å²) in [5.41, 5.74) is 3.28. The molecule has 1 heterocycles. The molecule has 3 aromatic rings. The number of anilines is 1. The van der Waals surface area contributed by atoms with Gasteiger partial charge in [-0.25, -0.2) is 0 Å². The number of nitrogens with one attached hydrogen (secondary N) is 2. The van der Waals surface area contributed by atoms with Crippen molar-refractivity contribution in [3.8, 4) is 5.75 Å². The summed E-state index contributed by atoms with van der Waals surface area (Å²) in [6.07, 6.45) is 0. The van der Waals surface area contributed by atoms with Crippen LogP contribution in [-0.2, 0) is 13.2 Å². The van der Waals surface area contributed by atoms with Crippen molar-refractivity contribution in [1.82, 2.24) is 20.6 Å². The van der Waals surface area contributed by atoms with Gasteiger partial charge >= 0.3 is 0 Å². The molecule has 118 valence electrons. The molecule has 3 rings (SSSR count). The molecule has 0 aliphatic heterocycles. The van der Waals surface area contributed by atoms with E-state index in [2.05, 4.69) is 45.0 Å². The molecule has 0 aliphatic carbocycles. The molecule has 0 amide bonds. The van der Waals surface area contributed by atoms with Crippen LogP contribution in [0.1, 0.15) is 16.7 Å². The lowest BCUT2D eigenvalue weighted by Gasteiger charge is -2.13. The third-order valence-electron chi connectivity index (χ3n) is 3.45. The molecular weight excluding hydrogens is 314 g/mol. The topological polar surface area (TPSA) is 75.7 Å². The molecule has 7 heteroatoms. The fraction of sp³-hybridized carbons (Fsp3) is 0.188. The third-order valence-corrected chi connectivity index (χ3v) is 3.68. The van der Waals surface area contributed by atoms with Gasteiger partial charge in [0.1, 0.15) is 12.4 Å². The summed E-state index contributed by atoms with van der Waals surface area (Å²) >= 11 is 6.09. The van der Waals surface area contributed by atoms with Gasteiger partial charge in [-0.15, -0.1) is 5.10 Å². The van der Waals surface area contributed by atoms with E-state index in [0.717, 1.165) is 16.9 Å². The first-order valence-electron chi connectivity index (χ1n) is 7.15. The van der Waals surface area contributed by atoms with Gasteiger partial charge in [0.2, 0.25) is 0 Å². The Labute approximate surface area is 138 Å². The van der Waals surface area contributed by atoms with Crippen molar-refractivity contribution in [2.75, 3.05) is 5.32 Å². The molecule has 1 aromatic heterocycles. The van der Waals surface area contributed by atoms with E-state index in [1.165, 1.54) is 5.56 Å². The van der Waals surface area contributed by atoms with Crippen molar-refractivity contribution in [2.45, 2.75) is 20.1 Å². The van der Waals surface area contributed by atoms with Gasteiger partial charge < -0.3 is 10.1 Å². The summed E-state index contributed by atoms with van der Waals surface area (Å²) in [5.74, 6) is 1.20. The first kappa shape index (κ1) is 15.3. The van der Waals surface area contributed by atoms with E-state index in [1.807, 2.05) is 30.3 Å². The van der Waals surface area contributed by atoms with Gasteiger partial charge in [-0.05, 0) is 41.5 Å². The zero-order valence-corrected chi connectivity index (χ0v) is 13.3. The van der Waals surface area contributed by atoms with Gasteiger partial charge in [-0.2, -0.15) is 5.21 Å². The Morgan fingerprint density at radius 2 is 2.04 bits per heavy atom. The second-order valence-electron chi connectivity index (χ2n) is 5.06. The number of H-pyrrole nitrogens is 1. The molecule has 0 saturated heterocycles. The molecule has 0 atom stereocenters. The minimum absolute atomic E-state index is 0.426. The van der Waals surface area contributed by atoms with Crippen LogP contribution in [0.5, 0.6) is 5.75 Å². The van der Waals surface area contributed by atoms with E-state index >= 15 is 0 Å². The van der Waals surface area contributed by atoms with E-state index in [9.17, 15) is 0 Å². The Balaban J connectivity index is 1.72. The highest BCUT2D eigenvalue weighted by atomic mass is 35.5. The average Bonchev–Trinajstić information content (AvgIpc) is 3.07. The van der Waals surface area contributed by atoms with Crippen LogP contribution in [0.3, 0.4) is 0 Å². The number of nitrogens with zero attached hydrogens (tertiary/aromatic N) is 3. The highest BCUT2D eigenvalue weighted by Crippen LogP contribution is 2.25. The standard InChI is InChI=1S/C16H16ClN5O/c1-11-4-2-3-5-12(11)10-23-15-7-6-14(17)8-13(15)9-18-16-19-21-22-20-16/h2-8H,9-10H2,1H3,(H2,18,19,20,21,22). The normalized spacial score (nSPS) is 10.5. The van der Waals surface area contributed by atoms with Crippen molar-refractivity contribution < 1.29 is 4.74 Å². The quantitative estimate of drug-likeness (QED) is 0.725. The number of rotatable bonds is 6. The van der Waals surface area contributed by atoms with Crippen molar-refractivity contribution >= 4 is 17.5 Å². The smallest absolute Gasteiger partial charge is 0.263 e. The van der Waals surface area contributed by atoms with E-state index in [1.54, 1.807) is 0 Å². The Bertz CT molecular complexity index is 776. The molecule has 2 aromatic carbocycles. The lowest BCUT2D eigenvalue weighted by Crippen LogP contribution is -2.05. The van der Waals surface area contributed by atoms with Crippen LogP contribution in [0.15, 0.2) is 42.5 Å². The third kappa shape index (κ3) is 3.98. The first-order valence-corrected chi connectivity index (χ1v) is 7.53. The summed E-state index contributed by atoms with van der Waals surface area (Å²) in [5, 5.41) is 17.3. The van der Waals surface area contributed by atoms with Crippen LogP contribution >= 0.6 is 11.6 Å². The number of aromatic nitrogens is 4. The predicted octanol–water partition coefficient (Wildman–Crippen LogP) is 3.35. The van der Waals surface area contributed by atoms with Gasteiger partial charge in [0.25, 0.3) is 5.95 Å². The highest BCUT2D eigenvalue weighted by Gasteiger charge is 2.07. The highest BCUT2D eigenvalue weighted by molar-refractivity contribution is 6.30. The molecule has 2 N–H and O–H groups in total. The molecule has 0 spiro atoms. The lowest BCUT2D eigenvalue weighted by molar-refractivity contribution is 0.302. The molecule has 0 bridgehead atoms. The summed E-state index contributed by atoms with van der Waals surface area (Å²) < 4.78 is 5.97. The van der Waals surface area contributed by atoms with Crippen molar-refractivity contribution in [3.63, 3.8) is 0 Å². The minimum atomic E-state index is 0.426. The monoisotopic (exact) mass is 329 g/mol. The first-order chi connectivity index (χ1) is 11.2. The molecule has 0 fully saturated rings. The Morgan fingerprint density at radius 1 is 1.17 bits per heavy atom. The Morgan fingerprint density at radius 3 is 2.83 bits per heavy atom. The average molecular weight is 330 g/mol. The second-order valence-corrected chi connectivity index (χ2v) is 5.49. The molecule has 6 nitrogen and oxygen atoms in total. The van der Waals surface area contributed by atoms with E-state index in [-0.39, 0.29) is 0 Å². The maximum absolute atomic E-state index is 6.09. The number of aryl methyl sites for hydroxylation is 1. The number of hydrogen-bond donors (Lipinski definition) is 2. The van der Waals surface area contributed by atoms with Crippen LogP contribution in [-0.4, -0.2) is 20.6 Å². The maximum atomic E-state index is 6.09. The molecule has 23 heavy (non-hydrogen) atoms. The number of ether oxygens (including phenoxy) is 1. The van der Waals surface area contributed by atoms with E-state index in [4.69, 9.17) is 16.3 Å². The number of aromatic amines is 1. The molecule has 0 unspecified atom stereocenters. The van der Waals surface area contributed by atoms with Crippen molar-refractivity contribution in [3.05, 3.63) is 64.2 Å². The zero-order chi connectivity index (χ0) is 16.1. The van der Waals surface area contributed by atoms with Crippen LogP contribution in [0.25, 0.3) is 0 Å². The van der Waals surface area contributed by atoms with Gasteiger partial charge in [-0.3, -0.25) is 0 Å².